The van der Waals surface area contributed by atoms with E-state index in [0.29, 0.717) is 65.2 Å². The molecule has 3 N–H and O–H groups in total. The van der Waals surface area contributed by atoms with Crippen molar-refractivity contribution in [2.75, 3.05) is 70.2 Å². The van der Waals surface area contributed by atoms with E-state index >= 15 is 0 Å². The highest BCUT2D eigenvalue weighted by atomic mass is 35.5. The number of carbonyl (C=O) groups excluding carboxylic acids is 3. The average molecular weight is 709 g/mol. The number of nitrogens with zero attached hydrogens (tertiary/aromatic N) is 3. The number of carbonyl (C=O) groups is 3. The quantitative estimate of drug-likeness (QED) is 0.190. The molecule has 10 nitrogen and oxygen atoms in total. The summed E-state index contributed by atoms with van der Waals surface area (Å²) in [6.45, 7) is 6.89. The Bertz CT molecular complexity index is 1450. The molecule has 4 rings (SSSR count). The lowest BCUT2D eigenvalue weighted by atomic mass is 10.1. The third-order valence-electron chi connectivity index (χ3n) is 7.72. The molecule has 1 aliphatic rings. The minimum Gasteiger partial charge on any atom is -0.493 e. The van der Waals surface area contributed by atoms with Crippen LogP contribution in [0.1, 0.15) is 57.7 Å². The number of aryl methyl sites for hydroxylation is 1. The van der Waals surface area contributed by atoms with E-state index < -0.39 is 0 Å². The number of nitrogens with one attached hydrogen (secondary N) is 1. The van der Waals surface area contributed by atoms with Crippen molar-refractivity contribution >= 4 is 64.6 Å². The number of hydrogen-bond acceptors (Lipinski definition) is 8. The number of rotatable bonds is 15. The Hall–Kier alpha value is -3.35. The van der Waals surface area contributed by atoms with Gasteiger partial charge in [0.05, 0.1) is 34.3 Å². The summed E-state index contributed by atoms with van der Waals surface area (Å²) in [5.41, 5.74) is 7.66. The maximum atomic E-state index is 13.5. The number of likely N-dealkylation sites (N-methyl/N-ethyl adjacent to an activating group) is 1. The molecule has 3 aromatic rings. The number of hydrogen-bond donors (Lipinski definition) is 2. The molecule has 1 fully saturated rings. The standard InChI is InChI=1S/C34H45N5O5S.2ClH/c1-25-13-14-27(29(24-25)44-22-8-4-5-12-32(40)39-20-18-37(2)19-21-39)38(3)34(42)30-15-16-31(45-30)36-33(41)26-10-6-7-11-28(26)43-23-9-17-35;;/h6-7,10-11,13-16,24H,4-5,8-9,12,17-23,35H2,1-3H3,(H,36,41);2*1H. The molecule has 3 amide bonds. The van der Waals surface area contributed by atoms with Gasteiger partial charge >= 0.3 is 0 Å². The number of thiophene rings is 1. The Morgan fingerprint density at radius 1 is 0.894 bits per heavy atom. The Balaban J connectivity index is 0.00000384. The maximum Gasteiger partial charge on any atom is 0.268 e. The molecule has 0 aliphatic carbocycles. The predicted molar refractivity (Wildman–Crippen MR) is 194 cm³/mol. The van der Waals surface area contributed by atoms with Crippen LogP contribution in [-0.2, 0) is 4.79 Å². The van der Waals surface area contributed by atoms with Gasteiger partial charge in [0, 0.05) is 39.6 Å². The number of anilines is 2. The minimum absolute atomic E-state index is 0. The van der Waals surface area contributed by atoms with E-state index in [4.69, 9.17) is 15.2 Å². The smallest absolute Gasteiger partial charge is 0.268 e. The van der Waals surface area contributed by atoms with Crippen LogP contribution in [0.25, 0.3) is 0 Å². The Kier molecular flexibility index (Phi) is 17.0. The van der Waals surface area contributed by atoms with Gasteiger partial charge in [-0.15, -0.1) is 36.2 Å². The first-order valence-electron chi connectivity index (χ1n) is 15.6. The number of piperazine rings is 1. The summed E-state index contributed by atoms with van der Waals surface area (Å²) >= 11 is 1.21. The number of amides is 3. The molecule has 2 aromatic carbocycles. The van der Waals surface area contributed by atoms with Gasteiger partial charge in [0.25, 0.3) is 11.8 Å². The van der Waals surface area contributed by atoms with Crippen molar-refractivity contribution in [3.05, 3.63) is 70.6 Å². The SMILES string of the molecule is Cc1ccc(N(C)C(=O)c2ccc(NC(=O)c3ccccc3OCCCN)s2)c(OCCCCCC(=O)N2CCN(C)CC2)c1.Cl.Cl. The maximum absolute atomic E-state index is 13.5. The summed E-state index contributed by atoms with van der Waals surface area (Å²) in [4.78, 5) is 45.2. The normalized spacial score (nSPS) is 12.8. The van der Waals surface area contributed by atoms with Gasteiger partial charge < -0.3 is 35.2 Å². The van der Waals surface area contributed by atoms with Gasteiger partial charge in [0.15, 0.2) is 0 Å². The number of benzene rings is 2. The summed E-state index contributed by atoms with van der Waals surface area (Å²) < 4.78 is 11.9. The molecule has 0 spiro atoms. The summed E-state index contributed by atoms with van der Waals surface area (Å²) in [6, 6.07) is 16.2. The van der Waals surface area contributed by atoms with Crippen LogP contribution in [0, 0.1) is 6.92 Å². The van der Waals surface area contributed by atoms with Gasteiger partial charge in [0.1, 0.15) is 11.5 Å². The fourth-order valence-electron chi connectivity index (χ4n) is 4.98. The summed E-state index contributed by atoms with van der Waals surface area (Å²) in [6.07, 6.45) is 3.79. The third kappa shape index (κ3) is 11.7. The summed E-state index contributed by atoms with van der Waals surface area (Å²) in [5.74, 6) is 0.837. The zero-order valence-electron chi connectivity index (χ0n) is 27.4. The van der Waals surface area contributed by atoms with E-state index in [1.54, 1.807) is 42.3 Å². The van der Waals surface area contributed by atoms with Crippen LogP contribution < -0.4 is 25.4 Å². The first-order chi connectivity index (χ1) is 21.8. The van der Waals surface area contributed by atoms with E-state index in [0.717, 1.165) is 51.0 Å². The topological polar surface area (TPSA) is 117 Å². The number of halogens is 2. The zero-order chi connectivity index (χ0) is 32.2. The van der Waals surface area contributed by atoms with Gasteiger partial charge in [-0.3, -0.25) is 14.4 Å². The lowest BCUT2D eigenvalue weighted by Gasteiger charge is -2.32. The fourth-order valence-corrected chi connectivity index (χ4v) is 5.86. The van der Waals surface area contributed by atoms with Crippen molar-refractivity contribution < 1.29 is 23.9 Å². The van der Waals surface area contributed by atoms with Crippen LogP contribution in [-0.4, -0.2) is 87.6 Å². The predicted octanol–water partition coefficient (Wildman–Crippen LogP) is 5.87. The largest absolute Gasteiger partial charge is 0.493 e. The van der Waals surface area contributed by atoms with Gasteiger partial charge in [-0.1, -0.05) is 18.2 Å². The van der Waals surface area contributed by atoms with Gasteiger partial charge in [-0.25, -0.2) is 0 Å². The fraction of sp³-hybridized carbons (Fsp3) is 0.441. The molecular weight excluding hydrogens is 661 g/mol. The molecule has 0 bridgehead atoms. The zero-order valence-corrected chi connectivity index (χ0v) is 29.8. The number of ether oxygens (including phenoxy) is 2. The molecule has 1 aliphatic heterocycles. The van der Waals surface area contributed by atoms with Crippen LogP contribution in [0.2, 0.25) is 0 Å². The second-order valence-electron chi connectivity index (χ2n) is 11.3. The summed E-state index contributed by atoms with van der Waals surface area (Å²) in [5, 5.41) is 3.44. The molecule has 0 saturated carbocycles. The molecule has 47 heavy (non-hydrogen) atoms. The number of para-hydroxylation sites is 1. The highest BCUT2D eigenvalue weighted by Crippen LogP contribution is 2.32. The van der Waals surface area contributed by atoms with E-state index in [1.165, 1.54) is 11.3 Å². The van der Waals surface area contributed by atoms with Crippen LogP contribution >= 0.6 is 36.2 Å². The molecule has 0 radical (unpaired) electrons. The van der Waals surface area contributed by atoms with Gasteiger partial charge in [-0.05, 0) is 88.2 Å². The number of unbranched alkanes of at least 4 members (excludes halogenated alkanes) is 2. The highest BCUT2D eigenvalue weighted by Gasteiger charge is 2.21. The van der Waals surface area contributed by atoms with Crippen molar-refractivity contribution in [2.45, 2.75) is 39.0 Å². The van der Waals surface area contributed by atoms with E-state index in [2.05, 4.69) is 17.3 Å². The van der Waals surface area contributed by atoms with E-state index in [1.807, 2.05) is 36.1 Å². The molecule has 1 saturated heterocycles. The van der Waals surface area contributed by atoms with Crippen molar-refractivity contribution in [2.24, 2.45) is 5.73 Å². The Morgan fingerprint density at radius 2 is 1.60 bits per heavy atom. The molecule has 258 valence electrons. The third-order valence-corrected chi connectivity index (χ3v) is 8.71. The monoisotopic (exact) mass is 707 g/mol. The van der Waals surface area contributed by atoms with Crippen LogP contribution in [0.3, 0.4) is 0 Å². The van der Waals surface area contributed by atoms with E-state index in [-0.39, 0.29) is 42.5 Å². The van der Waals surface area contributed by atoms with E-state index in [9.17, 15) is 14.4 Å². The Morgan fingerprint density at radius 3 is 2.34 bits per heavy atom. The van der Waals surface area contributed by atoms with Crippen LogP contribution in [0.4, 0.5) is 10.7 Å². The van der Waals surface area contributed by atoms with Gasteiger partial charge in [0.2, 0.25) is 5.91 Å². The Labute approximate surface area is 294 Å². The van der Waals surface area contributed by atoms with Crippen LogP contribution in [0.5, 0.6) is 11.5 Å². The lowest BCUT2D eigenvalue weighted by Crippen LogP contribution is -2.47. The molecular formula is C34H47Cl2N5O5S. The lowest BCUT2D eigenvalue weighted by molar-refractivity contribution is -0.132. The van der Waals surface area contributed by atoms with Crippen LogP contribution in [0.15, 0.2) is 54.6 Å². The summed E-state index contributed by atoms with van der Waals surface area (Å²) in [7, 11) is 3.80. The molecule has 0 atom stereocenters. The molecule has 2 heterocycles. The molecule has 1 aromatic heterocycles. The first-order valence-corrected chi connectivity index (χ1v) is 16.4. The average Bonchev–Trinajstić information content (AvgIpc) is 3.51. The van der Waals surface area contributed by atoms with Crippen molar-refractivity contribution in [1.82, 2.24) is 9.80 Å². The van der Waals surface area contributed by atoms with Crippen molar-refractivity contribution in [1.29, 1.82) is 0 Å². The highest BCUT2D eigenvalue weighted by molar-refractivity contribution is 7.18. The molecule has 13 heteroatoms. The second-order valence-corrected chi connectivity index (χ2v) is 12.4. The van der Waals surface area contributed by atoms with Crippen molar-refractivity contribution in [3.63, 3.8) is 0 Å². The number of nitrogens with two attached hydrogens (primary N) is 1. The first kappa shape index (κ1) is 39.8. The minimum atomic E-state index is -0.314. The second kappa shape index (κ2) is 20.1. The van der Waals surface area contributed by atoms with Gasteiger partial charge in [-0.2, -0.15) is 0 Å². The van der Waals surface area contributed by atoms with Crippen molar-refractivity contribution in [3.8, 4) is 11.5 Å². The molecule has 0 unspecified atom stereocenters.